The number of anilines is 1. The van der Waals surface area contributed by atoms with Crippen LogP contribution < -0.4 is 11.1 Å². The maximum Gasteiger partial charge on any atom is 0.417 e. The predicted octanol–water partition coefficient (Wildman–Crippen LogP) is 4.34. The molecule has 8 heteroatoms. The fourth-order valence-electron chi connectivity index (χ4n) is 2.85. The predicted molar refractivity (Wildman–Crippen MR) is 85.2 cm³/mol. The lowest BCUT2D eigenvalue weighted by Crippen LogP contribution is -2.17. The number of hydrogen-bond donors (Lipinski definition) is 2. The molecule has 0 aliphatic carbocycles. The summed E-state index contributed by atoms with van der Waals surface area (Å²) in [6.07, 6.45) is -4.10. The van der Waals surface area contributed by atoms with Crippen LogP contribution in [-0.4, -0.2) is 12.5 Å². The van der Waals surface area contributed by atoms with Gasteiger partial charge < -0.3 is 11.1 Å². The Morgan fingerprint density at radius 1 is 1.21 bits per heavy atom. The van der Waals surface area contributed by atoms with E-state index < -0.39 is 34.6 Å². The van der Waals surface area contributed by atoms with Crippen molar-refractivity contribution < 1.29 is 22.4 Å². The van der Waals surface area contributed by atoms with E-state index >= 15 is 0 Å². The molecule has 0 saturated carbocycles. The molecule has 0 fully saturated rings. The van der Waals surface area contributed by atoms with E-state index in [0.29, 0.717) is 22.8 Å². The summed E-state index contributed by atoms with van der Waals surface area (Å²) in [6, 6.07) is 4.10. The molecule has 1 aliphatic heterocycles. The Balaban J connectivity index is 2.35. The van der Waals surface area contributed by atoms with Crippen LogP contribution in [0, 0.1) is 5.82 Å². The molecular formula is C16H11BrF4N2O. The monoisotopic (exact) mass is 402 g/mol. The van der Waals surface area contributed by atoms with Gasteiger partial charge in [-0.3, -0.25) is 4.79 Å². The molecule has 0 atom stereocenters. The summed E-state index contributed by atoms with van der Waals surface area (Å²) < 4.78 is 54.4. The molecule has 2 aromatic rings. The minimum atomic E-state index is -4.83. The maximum atomic E-state index is 13.6. The van der Waals surface area contributed by atoms with E-state index in [1.165, 1.54) is 12.1 Å². The van der Waals surface area contributed by atoms with Crippen LogP contribution in [0.15, 0.2) is 28.7 Å². The van der Waals surface area contributed by atoms with Gasteiger partial charge in [0, 0.05) is 22.3 Å². The van der Waals surface area contributed by atoms with Crippen LogP contribution in [0.1, 0.15) is 21.5 Å². The fraction of sp³-hybridized carbons (Fsp3) is 0.188. The Morgan fingerprint density at radius 3 is 2.54 bits per heavy atom. The van der Waals surface area contributed by atoms with E-state index in [9.17, 15) is 22.4 Å². The van der Waals surface area contributed by atoms with Gasteiger partial charge in [-0.2, -0.15) is 13.2 Å². The highest BCUT2D eigenvalue weighted by atomic mass is 79.9. The first kappa shape index (κ1) is 16.8. The minimum absolute atomic E-state index is 0.135. The molecule has 2 aromatic carbocycles. The number of alkyl halides is 3. The maximum absolute atomic E-state index is 13.6. The van der Waals surface area contributed by atoms with Gasteiger partial charge in [0.05, 0.1) is 11.1 Å². The summed E-state index contributed by atoms with van der Waals surface area (Å²) in [4.78, 5) is 11.6. The standard InChI is InChI=1S/C16H11BrF4N2O/c17-12-3-7(4-13-9(12)1-2-23-13)14-10(15(22)24)5-8(18)6-11(14)16(19,20)21/h3-6,23H,1-2H2,(H2,22,24). The van der Waals surface area contributed by atoms with E-state index in [0.717, 1.165) is 18.1 Å². The number of carbonyl (C=O) groups excluding carboxylic acids is 1. The zero-order valence-electron chi connectivity index (χ0n) is 12.1. The van der Waals surface area contributed by atoms with E-state index in [1.54, 1.807) is 0 Å². The van der Waals surface area contributed by atoms with Crippen LogP contribution in [0.3, 0.4) is 0 Å². The number of nitrogens with two attached hydrogens (primary N) is 1. The molecule has 126 valence electrons. The topological polar surface area (TPSA) is 55.1 Å². The number of amides is 1. The third-order valence-corrected chi connectivity index (χ3v) is 4.56. The fourth-order valence-corrected chi connectivity index (χ4v) is 3.51. The molecule has 0 aromatic heterocycles. The summed E-state index contributed by atoms with van der Waals surface area (Å²) in [5.74, 6) is -2.29. The molecule has 0 saturated heterocycles. The van der Waals surface area contributed by atoms with Crippen molar-refractivity contribution in [1.29, 1.82) is 0 Å². The van der Waals surface area contributed by atoms with Crippen LogP contribution >= 0.6 is 15.9 Å². The Bertz CT molecular complexity index is 849. The van der Waals surface area contributed by atoms with Crippen LogP contribution in [-0.2, 0) is 12.6 Å². The SMILES string of the molecule is NC(=O)c1cc(F)cc(C(F)(F)F)c1-c1cc(Br)c2c(c1)NCC2. The smallest absolute Gasteiger partial charge is 0.384 e. The normalized spacial score (nSPS) is 13.5. The van der Waals surface area contributed by atoms with Crippen LogP contribution in [0.2, 0.25) is 0 Å². The number of fused-ring (bicyclic) bond motifs is 1. The summed E-state index contributed by atoms with van der Waals surface area (Å²) >= 11 is 3.34. The first-order valence-electron chi connectivity index (χ1n) is 6.95. The molecular weight excluding hydrogens is 392 g/mol. The van der Waals surface area contributed by atoms with Crippen LogP contribution in [0.4, 0.5) is 23.2 Å². The van der Waals surface area contributed by atoms with Gasteiger partial charge in [-0.05, 0) is 41.8 Å². The molecule has 3 nitrogen and oxygen atoms in total. The zero-order valence-corrected chi connectivity index (χ0v) is 13.7. The highest BCUT2D eigenvalue weighted by Gasteiger charge is 2.36. The quantitative estimate of drug-likeness (QED) is 0.734. The van der Waals surface area contributed by atoms with Gasteiger partial charge in [0.2, 0.25) is 5.91 Å². The Morgan fingerprint density at radius 2 is 1.92 bits per heavy atom. The van der Waals surface area contributed by atoms with Gasteiger partial charge in [-0.15, -0.1) is 0 Å². The third kappa shape index (κ3) is 2.86. The second-order valence-corrected chi connectivity index (χ2v) is 6.25. The van der Waals surface area contributed by atoms with E-state index in [-0.39, 0.29) is 5.56 Å². The summed E-state index contributed by atoms with van der Waals surface area (Å²) in [7, 11) is 0. The average molecular weight is 403 g/mol. The number of benzene rings is 2. The lowest BCUT2D eigenvalue weighted by Gasteiger charge is -2.17. The van der Waals surface area contributed by atoms with Crippen molar-refractivity contribution in [3.63, 3.8) is 0 Å². The van der Waals surface area contributed by atoms with Crippen molar-refractivity contribution in [2.75, 3.05) is 11.9 Å². The average Bonchev–Trinajstić information content (AvgIpc) is 2.94. The summed E-state index contributed by atoms with van der Waals surface area (Å²) in [5, 5.41) is 3.07. The van der Waals surface area contributed by atoms with Crippen molar-refractivity contribution in [2.24, 2.45) is 5.73 Å². The molecule has 1 aliphatic rings. The molecule has 1 amide bonds. The molecule has 3 N–H and O–H groups in total. The lowest BCUT2D eigenvalue weighted by molar-refractivity contribution is -0.137. The Labute approximate surface area is 143 Å². The molecule has 0 spiro atoms. The summed E-state index contributed by atoms with van der Waals surface area (Å²) in [6.45, 7) is 0.662. The van der Waals surface area contributed by atoms with Crippen LogP contribution in [0.25, 0.3) is 11.1 Å². The lowest BCUT2D eigenvalue weighted by atomic mass is 9.92. The van der Waals surface area contributed by atoms with Gasteiger partial charge in [-0.25, -0.2) is 4.39 Å². The van der Waals surface area contributed by atoms with Gasteiger partial charge in [-0.1, -0.05) is 15.9 Å². The first-order valence-corrected chi connectivity index (χ1v) is 7.75. The Hall–Kier alpha value is -2.09. The second kappa shape index (κ2) is 5.77. The molecule has 24 heavy (non-hydrogen) atoms. The molecule has 3 rings (SSSR count). The van der Waals surface area contributed by atoms with Crippen molar-refractivity contribution in [1.82, 2.24) is 0 Å². The molecule has 0 unspecified atom stereocenters. The zero-order chi connectivity index (χ0) is 17.6. The third-order valence-electron chi connectivity index (χ3n) is 3.85. The summed E-state index contributed by atoms with van der Waals surface area (Å²) in [5.41, 5.74) is 4.77. The van der Waals surface area contributed by atoms with Gasteiger partial charge in [0.15, 0.2) is 0 Å². The number of halogens is 5. The minimum Gasteiger partial charge on any atom is -0.384 e. The van der Waals surface area contributed by atoms with Crippen molar-refractivity contribution in [3.8, 4) is 11.1 Å². The van der Waals surface area contributed by atoms with Crippen LogP contribution in [0.5, 0.6) is 0 Å². The molecule has 0 bridgehead atoms. The van der Waals surface area contributed by atoms with E-state index in [2.05, 4.69) is 21.2 Å². The van der Waals surface area contributed by atoms with Crippen molar-refractivity contribution in [3.05, 3.63) is 51.2 Å². The van der Waals surface area contributed by atoms with Gasteiger partial charge in [0.1, 0.15) is 5.82 Å². The highest BCUT2D eigenvalue weighted by molar-refractivity contribution is 9.10. The largest absolute Gasteiger partial charge is 0.417 e. The number of carbonyl (C=O) groups is 1. The number of hydrogen-bond acceptors (Lipinski definition) is 2. The van der Waals surface area contributed by atoms with Gasteiger partial charge >= 0.3 is 6.18 Å². The molecule has 0 radical (unpaired) electrons. The van der Waals surface area contributed by atoms with E-state index in [4.69, 9.17) is 5.73 Å². The first-order chi connectivity index (χ1) is 11.2. The van der Waals surface area contributed by atoms with E-state index in [1.807, 2.05) is 0 Å². The number of primary amides is 1. The highest BCUT2D eigenvalue weighted by Crippen LogP contribution is 2.42. The Kier molecular flexibility index (Phi) is 4.03. The van der Waals surface area contributed by atoms with Gasteiger partial charge in [0.25, 0.3) is 0 Å². The molecule has 1 heterocycles. The van der Waals surface area contributed by atoms with Crippen molar-refractivity contribution in [2.45, 2.75) is 12.6 Å². The second-order valence-electron chi connectivity index (χ2n) is 5.40. The van der Waals surface area contributed by atoms with Crippen molar-refractivity contribution >= 4 is 27.5 Å². The number of nitrogens with one attached hydrogen (secondary N) is 1. The number of rotatable bonds is 2.